The van der Waals surface area contributed by atoms with E-state index in [0.29, 0.717) is 10.1 Å². The van der Waals surface area contributed by atoms with Gasteiger partial charge in [-0.25, -0.2) is 0 Å². The Morgan fingerprint density at radius 3 is 2.00 bits per heavy atom. The van der Waals surface area contributed by atoms with Gasteiger partial charge in [0.2, 0.25) is 0 Å². The van der Waals surface area contributed by atoms with E-state index in [0.717, 1.165) is 11.3 Å². The zero-order valence-corrected chi connectivity index (χ0v) is 8.96. The Morgan fingerprint density at radius 1 is 1.00 bits per heavy atom. The van der Waals surface area contributed by atoms with E-state index in [1.807, 2.05) is 0 Å². The lowest BCUT2D eigenvalue weighted by Gasteiger charge is -1.99. The molecule has 0 N–H and O–H groups in total. The molecule has 0 bridgehead atoms. The molecule has 2 rings (SSSR count). The van der Waals surface area contributed by atoms with Crippen LogP contribution >= 0.6 is 11.3 Å². The van der Waals surface area contributed by atoms with Gasteiger partial charge in [-0.1, -0.05) is 18.2 Å². The fourth-order valence-corrected chi connectivity index (χ4v) is 2.05. The Labute approximate surface area is 96.5 Å². The summed E-state index contributed by atoms with van der Waals surface area (Å²) in [5, 5.41) is 0.653. The summed E-state index contributed by atoms with van der Waals surface area (Å²) < 4.78 is 66.4. The highest BCUT2D eigenvalue weighted by Crippen LogP contribution is 2.37. The highest BCUT2D eigenvalue weighted by molar-refractivity contribution is 7.19. The molecular formula is C10H6F6S. The number of fused-ring (bicyclic) bond motifs is 1. The summed E-state index contributed by atoms with van der Waals surface area (Å²) in [4.78, 5) is -0.534. The largest absolute Gasteiger partial charge is 0.425 e. The van der Waals surface area contributed by atoms with Crippen LogP contribution < -0.4 is 0 Å². The molecule has 2 aromatic rings. The van der Waals surface area contributed by atoms with E-state index in [-0.39, 0.29) is 0 Å². The maximum Gasteiger partial charge on any atom is 0.425 e. The van der Waals surface area contributed by atoms with Crippen molar-refractivity contribution in [1.29, 1.82) is 0 Å². The van der Waals surface area contributed by atoms with E-state index in [1.165, 1.54) is 6.07 Å². The normalized spacial score (nSPS) is 11.5. The predicted octanol–water partition coefficient (Wildman–Crippen LogP) is 5.10. The number of benzene rings is 1. The van der Waals surface area contributed by atoms with Crippen molar-refractivity contribution in [2.75, 3.05) is 0 Å². The molecule has 0 radical (unpaired) electrons. The van der Waals surface area contributed by atoms with Gasteiger partial charge in [-0.2, -0.15) is 26.3 Å². The SMILES string of the molecule is FC(F)(F)c1cc2ccccc2s1.FC(F)F. The number of hydrogen-bond acceptors (Lipinski definition) is 1. The van der Waals surface area contributed by atoms with Crippen LogP contribution in [0.25, 0.3) is 10.1 Å². The summed E-state index contributed by atoms with van der Waals surface area (Å²) >= 11 is 0.779. The van der Waals surface area contributed by atoms with E-state index >= 15 is 0 Å². The molecule has 0 aliphatic heterocycles. The quantitative estimate of drug-likeness (QED) is 0.585. The summed E-state index contributed by atoms with van der Waals surface area (Å²) in [5.41, 5.74) is 0. The van der Waals surface area contributed by atoms with Gasteiger partial charge < -0.3 is 0 Å². The van der Waals surface area contributed by atoms with E-state index in [4.69, 9.17) is 0 Å². The minimum Gasteiger partial charge on any atom is -0.174 e. The third-order valence-electron chi connectivity index (χ3n) is 1.70. The van der Waals surface area contributed by atoms with E-state index in [2.05, 4.69) is 0 Å². The molecule has 0 amide bonds. The van der Waals surface area contributed by atoms with Gasteiger partial charge in [-0.15, -0.1) is 11.3 Å². The Kier molecular flexibility index (Phi) is 4.39. The van der Waals surface area contributed by atoms with Crippen LogP contribution in [0.15, 0.2) is 30.3 Å². The first-order chi connectivity index (χ1) is 7.80. The van der Waals surface area contributed by atoms with Crippen LogP contribution in [0.1, 0.15) is 4.88 Å². The molecule has 0 aliphatic carbocycles. The zero-order valence-electron chi connectivity index (χ0n) is 8.14. The molecule has 1 heterocycles. The van der Waals surface area contributed by atoms with Crippen molar-refractivity contribution in [3.63, 3.8) is 0 Å². The maximum atomic E-state index is 12.2. The van der Waals surface area contributed by atoms with Crippen molar-refractivity contribution < 1.29 is 26.3 Å². The second-order valence-electron chi connectivity index (χ2n) is 2.89. The molecule has 0 unspecified atom stereocenters. The van der Waals surface area contributed by atoms with E-state index in [1.54, 1.807) is 24.3 Å². The lowest BCUT2D eigenvalue weighted by Crippen LogP contribution is -2.00. The summed E-state index contributed by atoms with van der Waals surface area (Å²) in [7, 11) is 0. The monoisotopic (exact) mass is 272 g/mol. The van der Waals surface area contributed by atoms with Crippen molar-refractivity contribution in [3.8, 4) is 0 Å². The van der Waals surface area contributed by atoms with Crippen LogP contribution in [-0.2, 0) is 6.18 Å². The van der Waals surface area contributed by atoms with Crippen molar-refractivity contribution in [3.05, 3.63) is 35.2 Å². The standard InChI is InChI=1S/C9H5F3S.CHF3/c10-9(11,12)8-5-6-3-1-2-4-7(6)13-8;2-1(3)4/h1-5H;1H. The van der Waals surface area contributed by atoms with Gasteiger partial charge in [-0.3, -0.25) is 0 Å². The van der Waals surface area contributed by atoms with Crippen molar-refractivity contribution in [2.45, 2.75) is 12.9 Å². The topological polar surface area (TPSA) is 0 Å². The second-order valence-corrected chi connectivity index (χ2v) is 3.98. The lowest BCUT2D eigenvalue weighted by molar-refractivity contribution is -0.134. The van der Waals surface area contributed by atoms with Gasteiger partial charge in [0.05, 0.1) is 0 Å². The van der Waals surface area contributed by atoms with Crippen molar-refractivity contribution >= 4 is 21.4 Å². The summed E-state index contributed by atoms with van der Waals surface area (Å²) in [6.45, 7) is -3.67. The minimum atomic E-state index is -4.22. The summed E-state index contributed by atoms with van der Waals surface area (Å²) in [5.74, 6) is 0. The Hall–Kier alpha value is -1.24. The Bertz CT molecular complexity index is 437. The second kappa shape index (κ2) is 5.39. The highest BCUT2D eigenvalue weighted by atomic mass is 32.1. The van der Waals surface area contributed by atoms with Crippen LogP contribution in [0.5, 0.6) is 0 Å². The first-order valence-corrected chi connectivity index (χ1v) is 5.10. The third-order valence-corrected chi connectivity index (χ3v) is 2.87. The highest BCUT2D eigenvalue weighted by Gasteiger charge is 2.32. The summed E-state index contributed by atoms with van der Waals surface area (Å²) in [6.07, 6.45) is -4.22. The van der Waals surface area contributed by atoms with Crippen LogP contribution in [0.2, 0.25) is 0 Å². The van der Waals surface area contributed by atoms with Gasteiger partial charge in [0.15, 0.2) is 0 Å². The molecule has 0 atom stereocenters. The number of alkyl halides is 6. The number of halogens is 6. The third kappa shape index (κ3) is 4.26. The van der Waals surface area contributed by atoms with Gasteiger partial charge in [0.1, 0.15) is 4.88 Å². The first kappa shape index (κ1) is 13.8. The number of rotatable bonds is 0. The molecule has 17 heavy (non-hydrogen) atoms. The molecule has 0 aliphatic rings. The van der Waals surface area contributed by atoms with Gasteiger partial charge >= 0.3 is 12.9 Å². The van der Waals surface area contributed by atoms with E-state index < -0.39 is 17.7 Å². The predicted molar refractivity (Wildman–Crippen MR) is 53.9 cm³/mol. The van der Waals surface area contributed by atoms with E-state index in [9.17, 15) is 26.3 Å². The van der Waals surface area contributed by atoms with Gasteiger partial charge in [-0.05, 0) is 17.5 Å². The fraction of sp³-hybridized carbons (Fsp3) is 0.200. The summed E-state index contributed by atoms with van der Waals surface area (Å²) in [6, 6.07) is 8.02. The van der Waals surface area contributed by atoms with Crippen molar-refractivity contribution in [2.24, 2.45) is 0 Å². The molecule has 0 saturated carbocycles. The molecule has 0 nitrogen and oxygen atoms in total. The molecule has 94 valence electrons. The Morgan fingerprint density at radius 2 is 1.53 bits per heavy atom. The smallest absolute Gasteiger partial charge is 0.174 e. The Balaban J connectivity index is 0.000000317. The minimum absolute atomic E-state index is 0.534. The van der Waals surface area contributed by atoms with Crippen molar-refractivity contribution in [1.82, 2.24) is 0 Å². The lowest BCUT2D eigenvalue weighted by atomic mass is 10.2. The van der Waals surface area contributed by atoms with Crippen LogP contribution in [-0.4, -0.2) is 6.68 Å². The fourth-order valence-electron chi connectivity index (χ4n) is 1.12. The molecule has 0 spiro atoms. The maximum absolute atomic E-state index is 12.2. The van der Waals surface area contributed by atoms with Gasteiger partial charge in [0.25, 0.3) is 0 Å². The molecule has 0 fully saturated rings. The van der Waals surface area contributed by atoms with Gasteiger partial charge in [0, 0.05) is 4.70 Å². The molecule has 0 saturated heterocycles. The molecule has 1 aromatic carbocycles. The average Bonchev–Trinajstić information content (AvgIpc) is 2.59. The molecule has 7 heteroatoms. The molecular weight excluding hydrogens is 266 g/mol. The molecule has 1 aromatic heterocycles. The average molecular weight is 272 g/mol. The zero-order chi connectivity index (χ0) is 13.1. The van der Waals surface area contributed by atoms with Crippen LogP contribution in [0.3, 0.4) is 0 Å². The number of thiophene rings is 1. The van der Waals surface area contributed by atoms with Crippen LogP contribution in [0.4, 0.5) is 26.3 Å². The van der Waals surface area contributed by atoms with Crippen LogP contribution in [0, 0.1) is 0 Å². The number of hydrogen-bond donors (Lipinski definition) is 0. The first-order valence-electron chi connectivity index (χ1n) is 4.28.